The maximum absolute atomic E-state index is 12.4. The molecule has 0 radical (unpaired) electrons. The largest absolute Gasteiger partial charge is 0.486 e. The first-order valence-electron chi connectivity index (χ1n) is 8.52. The first-order chi connectivity index (χ1) is 12.5. The minimum absolute atomic E-state index is 0.0162. The minimum Gasteiger partial charge on any atom is -0.486 e. The summed E-state index contributed by atoms with van der Waals surface area (Å²) in [5.74, 6) is 0.864. The molecule has 6 heteroatoms. The lowest BCUT2D eigenvalue weighted by Gasteiger charge is -2.21. The highest BCUT2D eigenvalue weighted by Crippen LogP contribution is 2.32. The maximum atomic E-state index is 12.4. The van der Waals surface area contributed by atoms with Gasteiger partial charge in [-0.25, -0.2) is 0 Å². The van der Waals surface area contributed by atoms with Crippen LogP contribution in [0.3, 0.4) is 0 Å². The van der Waals surface area contributed by atoms with Crippen LogP contribution in [0.25, 0.3) is 0 Å². The van der Waals surface area contributed by atoms with Crippen molar-refractivity contribution in [3.8, 4) is 11.5 Å². The Morgan fingerprint density at radius 2 is 1.73 bits per heavy atom. The molecule has 1 aliphatic heterocycles. The number of benzene rings is 2. The first-order valence-corrected chi connectivity index (χ1v) is 8.52. The molecule has 1 aliphatic rings. The van der Waals surface area contributed by atoms with E-state index in [-0.39, 0.29) is 18.4 Å². The molecule has 6 nitrogen and oxygen atoms in total. The second-order valence-electron chi connectivity index (χ2n) is 6.27. The molecule has 2 aromatic rings. The molecule has 0 aliphatic carbocycles. The Kier molecular flexibility index (Phi) is 5.41. The van der Waals surface area contributed by atoms with Crippen LogP contribution in [0.1, 0.15) is 18.1 Å². The zero-order valence-electron chi connectivity index (χ0n) is 15.0. The van der Waals surface area contributed by atoms with Crippen molar-refractivity contribution in [2.45, 2.75) is 20.4 Å². The number of carbonyl (C=O) groups excluding carboxylic acids is 2. The number of fused-ring (bicyclic) bond motifs is 1. The Hall–Kier alpha value is -3.02. The quantitative estimate of drug-likeness (QED) is 0.896. The molecular formula is C20H22N2O4. The Morgan fingerprint density at radius 1 is 1.04 bits per heavy atom. The van der Waals surface area contributed by atoms with Crippen molar-refractivity contribution >= 4 is 17.5 Å². The molecule has 3 rings (SSSR count). The molecule has 0 saturated carbocycles. The van der Waals surface area contributed by atoms with Gasteiger partial charge in [-0.05, 0) is 24.6 Å². The maximum Gasteiger partial charge on any atom is 0.244 e. The Morgan fingerprint density at radius 3 is 2.42 bits per heavy atom. The van der Waals surface area contributed by atoms with Gasteiger partial charge in [0, 0.05) is 25.2 Å². The van der Waals surface area contributed by atoms with Gasteiger partial charge in [0.15, 0.2) is 11.5 Å². The Balaban J connectivity index is 1.62. The normalized spacial score (nSPS) is 12.4. The zero-order chi connectivity index (χ0) is 18.5. The molecule has 136 valence electrons. The van der Waals surface area contributed by atoms with Crippen molar-refractivity contribution in [2.75, 3.05) is 25.1 Å². The minimum atomic E-state index is -0.260. The predicted molar refractivity (Wildman–Crippen MR) is 98.3 cm³/mol. The summed E-state index contributed by atoms with van der Waals surface area (Å²) >= 11 is 0. The third-order valence-electron chi connectivity index (χ3n) is 4.10. The van der Waals surface area contributed by atoms with Crippen LogP contribution in [0.5, 0.6) is 11.5 Å². The number of hydrogen-bond acceptors (Lipinski definition) is 4. The fraction of sp³-hybridized carbons (Fsp3) is 0.300. The van der Waals surface area contributed by atoms with Crippen molar-refractivity contribution in [1.29, 1.82) is 0 Å². The molecule has 2 amide bonds. The second-order valence-corrected chi connectivity index (χ2v) is 6.27. The molecule has 1 N–H and O–H groups in total. The third kappa shape index (κ3) is 4.53. The van der Waals surface area contributed by atoms with Crippen LogP contribution < -0.4 is 14.8 Å². The van der Waals surface area contributed by atoms with Crippen molar-refractivity contribution in [3.05, 3.63) is 53.6 Å². The van der Waals surface area contributed by atoms with E-state index in [2.05, 4.69) is 5.32 Å². The van der Waals surface area contributed by atoms with E-state index in [9.17, 15) is 9.59 Å². The SMILES string of the molecule is CC(=O)N(CC(=O)Nc1ccc2c(c1)OCCO2)Cc1ccc(C)cc1. The average molecular weight is 354 g/mol. The smallest absolute Gasteiger partial charge is 0.244 e. The first kappa shape index (κ1) is 17.8. The summed E-state index contributed by atoms with van der Waals surface area (Å²) in [6.45, 7) is 4.85. The molecule has 0 atom stereocenters. The molecule has 0 unspecified atom stereocenters. The van der Waals surface area contributed by atoms with E-state index in [4.69, 9.17) is 9.47 Å². The van der Waals surface area contributed by atoms with Gasteiger partial charge in [0.2, 0.25) is 11.8 Å². The van der Waals surface area contributed by atoms with Crippen LogP contribution in [0.15, 0.2) is 42.5 Å². The van der Waals surface area contributed by atoms with Crippen LogP contribution >= 0.6 is 0 Å². The van der Waals surface area contributed by atoms with Crippen LogP contribution in [-0.4, -0.2) is 36.5 Å². The highest BCUT2D eigenvalue weighted by atomic mass is 16.6. The molecule has 2 aromatic carbocycles. The number of rotatable bonds is 5. The van der Waals surface area contributed by atoms with E-state index in [0.29, 0.717) is 36.9 Å². The zero-order valence-corrected chi connectivity index (χ0v) is 15.0. The lowest BCUT2D eigenvalue weighted by Crippen LogP contribution is -2.36. The van der Waals surface area contributed by atoms with E-state index in [1.165, 1.54) is 11.8 Å². The number of ether oxygens (including phenoxy) is 2. The van der Waals surface area contributed by atoms with Crippen LogP contribution in [-0.2, 0) is 16.1 Å². The molecular weight excluding hydrogens is 332 g/mol. The summed E-state index contributed by atoms with van der Waals surface area (Å²) in [4.78, 5) is 25.8. The van der Waals surface area contributed by atoms with E-state index < -0.39 is 0 Å². The number of aryl methyl sites for hydroxylation is 1. The van der Waals surface area contributed by atoms with Gasteiger partial charge in [-0.3, -0.25) is 9.59 Å². The van der Waals surface area contributed by atoms with Crippen LogP contribution in [0.2, 0.25) is 0 Å². The van der Waals surface area contributed by atoms with Crippen molar-refractivity contribution in [1.82, 2.24) is 4.90 Å². The highest BCUT2D eigenvalue weighted by molar-refractivity contribution is 5.94. The number of nitrogens with one attached hydrogen (secondary N) is 1. The van der Waals surface area contributed by atoms with E-state index in [1.54, 1.807) is 18.2 Å². The summed E-state index contributed by atoms with van der Waals surface area (Å²) in [7, 11) is 0. The highest BCUT2D eigenvalue weighted by Gasteiger charge is 2.16. The monoisotopic (exact) mass is 354 g/mol. The summed E-state index contributed by atoms with van der Waals surface area (Å²) < 4.78 is 11.0. The van der Waals surface area contributed by atoms with E-state index in [0.717, 1.165) is 11.1 Å². The number of nitrogens with zero attached hydrogens (tertiary/aromatic N) is 1. The molecule has 0 saturated heterocycles. The molecule has 0 aromatic heterocycles. The van der Waals surface area contributed by atoms with Crippen LogP contribution in [0.4, 0.5) is 5.69 Å². The summed E-state index contributed by atoms with van der Waals surface area (Å²) in [5, 5.41) is 2.80. The average Bonchev–Trinajstić information content (AvgIpc) is 2.62. The number of anilines is 1. The van der Waals surface area contributed by atoms with Crippen molar-refractivity contribution < 1.29 is 19.1 Å². The summed E-state index contributed by atoms with van der Waals surface area (Å²) in [5.41, 5.74) is 2.75. The standard InChI is InChI=1S/C20H22N2O4/c1-14-3-5-16(6-4-14)12-22(15(2)23)13-20(24)21-17-7-8-18-19(11-17)26-10-9-25-18/h3-8,11H,9-10,12-13H2,1-2H3,(H,21,24). The van der Waals surface area contributed by atoms with Gasteiger partial charge in [-0.15, -0.1) is 0 Å². The van der Waals surface area contributed by atoms with Gasteiger partial charge in [0.05, 0.1) is 0 Å². The van der Waals surface area contributed by atoms with Gasteiger partial charge in [0.25, 0.3) is 0 Å². The lowest BCUT2D eigenvalue weighted by molar-refractivity contribution is -0.133. The third-order valence-corrected chi connectivity index (χ3v) is 4.10. The number of carbonyl (C=O) groups is 2. The van der Waals surface area contributed by atoms with Gasteiger partial charge in [-0.1, -0.05) is 29.8 Å². The molecule has 26 heavy (non-hydrogen) atoms. The van der Waals surface area contributed by atoms with Gasteiger partial charge < -0.3 is 19.7 Å². The van der Waals surface area contributed by atoms with Crippen LogP contribution in [0, 0.1) is 6.92 Å². The van der Waals surface area contributed by atoms with Crippen molar-refractivity contribution in [3.63, 3.8) is 0 Å². The number of amides is 2. The van der Waals surface area contributed by atoms with E-state index in [1.807, 2.05) is 31.2 Å². The van der Waals surface area contributed by atoms with Gasteiger partial charge in [-0.2, -0.15) is 0 Å². The molecule has 0 spiro atoms. The topological polar surface area (TPSA) is 67.9 Å². The Bertz CT molecular complexity index is 802. The molecule has 0 bridgehead atoms. The predicted octanol–water partition coefficient (Wildman–Crippen LogP) is 2.75. The van der Waals surface area contributed by atoms with Gasteiger partial charge in [0.1, 0.15) is 19.8 Å². The fourth-order valence-electron chi connectivity index (χ4n) is 2.69. The molecule has 1 heterocycles. The summed E-state index contributed by atoms with van der Waals surface area (Å²) in [6.07, 6.45) is 0. The van der Waals surface area contributed by atoms with Gasteiger partial charge >= 0.3 is 0 Å². The summed E-state index contributed by atoms with van der Waals surface area (Å²) in [6, 6.07) is 13.1. The van der Waals surface area contributed by atoms with Crippen molar-refractivity contribution in [2.24, 2.45) is 0 Å². The second kappa shape index (κ2) is 7.91. The fourth-order valence-corrected chi connectivity index (χ4v) is 2.69. The molecule has 0 fully saturated rings. The number of hydrogen-bond donors (Lipinski definition) is 1. The van der Waals surface area contributed by atoms with E-state index >= 15 is 0 Å². The lowest BCUT2D eigenvalue weighted by atomic mass is 10.1. The Labute approximate surface area is 152 Å².